The molecule has 5 heterocycles. The van der Waals surface area contributed by atoms with Crippen LogP contribution >= 0.6 is 0 Å². The highest BCUT2D eigenvalue weighted by Gasteiger charge is 2.53. The number of para-hydroxylation sites is 3. The molecule has 7 nitrogen and oxygen atoms in total. The van der Waals surface area contributed by atoms with Gasteiger partial charge in [0.15, 0.2) is 11.2 Å². The number of aromatic nitrogens is 3. The molecule has 5 aromatic heterocycles. The molecule has 0 saturated heterocycles. The highest BCUT2D eigenvalue weighted by molar-refractivity contribution is 6.26. The van der Waals surface area contributed by atoms with Gasteiger partial charge < -0.3 is 22.5 Å². The topological polar surface area (TPSA) is 75.2 Å². The summed E-state index contributed by atoms with van der Waals surface area (Å²) in [5.41, 5.74) is 20.5. The first kappa shape index (κ1) is 47.5. The second-order valence-corrected chi connectivity index (χ2v) is 23.6. The molecule has 2 aliphatic carbocycles. The molecule has 0 N–H and O–H groups in total. The largest absolute Gasteiger partial charge is 0.420 e. The first-order chi connectivity index (χ1) is 43.5. The first-order valence-corrected chi connectivity index (χ1v) is 29.9. The number of nitrogens with zero attached hydrogens (tertiary/aromatic N) is 3. The number of benzene rings is 13. The molecule has 408 valence electrons. The fraction of sp³-hybridized carbons (Fsp3) is 0.0123. The lowest BCUT2D eigenvalue weighted by Crippen LogP contribution is -2.27. The minimum atomic E-state index is -0.646. The van der Waals surface area contributed by atoms with Crippen LogP contribution in [0.3, 0.4) is 0 Å². The van der Waals surface area contributed by atoms with Gasteiger partial charge in [-0.25, -0.2) is 9.59 Å². The second-order valence-electron chi connectivity index (χ2n) is 23.6. The third-order valence-electron chi connectivity index (χ3n) is 19.5. The smallest absolute Gasteiger partial charge is 0.344 e. The molecule has 0 unspecified atom stereocenters. The van der Waals surface area contributed by atoms with Crippen molar-refractivity contribution in [2.45, 2.75) is 5.41 Å². The summed E-state index contributed by atoms with van der Waals surface area (Å²) >= 11 is 0. The molecule has 18 aromatic rings. The number of fused-ring (bicyclic) bond motifs is 27. The lowest BCUT2D eigenvalue weighted by atomic mass is 9.70. The normalized spacial score (nSPS) is 13.2. The molecule has 2 aliphatic rings. The number of rotatable bonds is 4. The van der Waals surface area contributed by atoms with Gasteiger partial charge in [-0.3, -0.25) is 0 Å². The van der Waals surface area contributed by atoms with Gasteiger partial charge in [0.25, 0.3) is 0 Å². The van der Waals surface area contributed by atoms with Crippen LogP contribution in [0.4, 0.5) is 0 Å². The highest BCUT2D eigenvalue weighted by atomic mass is 16.4. The summed E-state index contributed by atoms with van der Waals surface area (Å²) in [5.74, 6) is 0. The van der Waals surface area contributed by atoms with Crippen molar-refractivity contribution in [1.82, 2.24) is 13.7 Å². The minimum absolute atomic E-state index is 0.354. The van der Waals surface area contributed by atoms with Gasteiger partial charge in [-0.2, -0.15) is 0 Å². The van der Waals surface area contributed by atoms with E-state index in [0.29, 0.717) is 21.9 Å². The Morgan fingerprint density at radius 1 is 0.284 bits per heavy atom. The van der Waals surface area contributed by atoms with Crippen LogP contribution in [0.5, 0.6) is 0 Å². The third-order valence-corrected chi connectivity index (χ3v) is 19.5. The van der Waals surface area contributed by atoms with Crippen LogP contribution in [0, 0.1) is 0 Å². The van der Waals surface area contributed by atoms with E-state index in [2.05, 4.69) is 244 Å². The Morgan fingerprint density at radius 3 is 1.40 bits per heavy atom. The SMILES string of the molecule is O=c1oc2c(ccc3c4ccccc4n(-c4ccc5c(c4)c4ccccc4n5-c4ccc(-c5cc6c7ccccc7c(=O)oc6c6c5c5ccccc5n6-c5cccc6c5C5(c7ccccc7-c7ccccc75)c5ccccc5-6)cc4)c32)c2ccccc12. The number of hydrogen-bond donors (Lipinski definition) is 0. The molecule has 20 rings (SSSR count). The molecule has 0 amide bonds. The minimum Gasteiger partial charge on any atom is -0.420 e. The van der Waals surface area contributed by atoms with Crippen LogP contribution in [0.25, 0.3) is 159 Å². The van der Waals surface area contributed by atoms with Gasteiger partial charge in [0.05, 0.1) is 55.0 Å². The zero-order chi connectivity index (χ0) is 57.7. The Labute approximate surface area is 500 Å². The summed E-state index contributed by atoms with van der Waals surface area (Å²) in [6, 6.07) is 96.9. The van der Waals surface area contributed by atoms with Crippen LogP contribution in [0.15, 0.2) is 291 Å². The summed E-state index contributed by atoms with van der Waals surface area (Å²) in [6.45, 7) is 0. The average Bonchev–Trinajstić information content (AvgIpc) is 1.52. The van der Waals surface area contributed by atoms with Crippen molar-refractivity contribution < 1.29 is 8.83 Å². The second kappa shape index (κ2) is 17.2. The zero-order valence-electron chi connectivity index (χ0n) is 47.0. The molecule has 7 heteroatoms. The molecule has 1 spiro atoms. The van der Waals surface area contributed by atoms with E-state index in [1.54, 1.807) is 0 Å². The maximum atomic E-state index is 14.5. The molecule has 0 bridgehead atoms. The van der Waals surface area contributed by atoms with Crippen LogP contribution in [0.1, 0.15) is 22.3 Å². The predicted molar refractivity (Wildman–Crippen MR) is 358 cm³/mol. The summed E-state index contributed by atoms with van der Waals surface area (Å²) in [7, 11) is 0. The van der Waals surface area contributed by atoms with Crippen molar-refractivity contribution in [1.29, 1.82) is 0 Å². The van der Waals surface area contributed by atoms with Crippen molar-refractivity contribution in [3.8, 4) is 50.4 Å². The summed E-state index contributed by atoms with van der Waals surface area (Å²) in [5, 5.41) is 10.9. The van der Waals surface area contributed by atoms with E-state index in [0.717, 1.165) is 115 Å². The zero-order valence-corrected chi connectivity index (χ0v) is 47.0. The molecular weight excluding hydrogens is 1080 g/mol. The van der Waals surface area contributed by atoms with Gasteiger partial charge in [0, 0.05) is 65.4 Å². The molecule has 0 aliphatic heterocycles. The highest BCUT2D eigenvalue weighted by Crippen LogP contribution is 2.64. The Bertz CT molecular complexity index is 6240. The summed E-state index contributed by atoms with van der Waals surface area (Å²) < 4.78 is 20.1. The first-order valence-electron chi connectivity index (χ1n) is 29.9. The van der Waals surface area contributed by atoms with E-state index < -0.39 is 5.41 Å². The fourth-order valence-corrected chi connectivity index (χ4v) is 16.1. The van der Waals surface area contributed by atoms with E-state index in [-0.39, 0.29) is 11.3 Å². The van der Waals surface area contributed by atoms with E-state index >= 15 is 0 Å². The van der Waals surface area contributed by atoms with Crippen LogP contribution in [-0.4, -0.2) is 13.7 Å². The van der Waals surface area contributed by atoms with Gasteiger partial charge in [-0.15, -0.1) is 0 Å². The Hall–Kier alpha value is -11.8. The number of hydrogen-bond acceptors (Lipinski definition) is 4. The van der Waals surface area contributed by atoms with Crippen LogP contribution in [-0.2, 0) is 5.41 Å². The Balaban J connectivity index is 0.817. The molecule has 0 fully saturated rings. The third kappa shape index (κ3) is 5.96. The summed E-state index contributed by atoms with van der Waals surface area (Å²) in [4.78, 5) is 28.2. The van der Waals surface area contributed by atoms with Gasteiger partial charge >= 0.3 is 11.3 Å². The van der Waals surface area contributed by atoms with Crippen molar-refractivity contribution in [2.75, 3.05) is 0 Å². The quantitative estimate of drug-likeness (QED) is 0.130. The molecule has 13 aromatic carbocycles. The van der Waals surface area contributed by atoms with E-state index in [1.807, 2.05) is 42.5 Å². The molecule has 0 saturated carbocycles. The average molecular weight is 1120 g/mol. The van der Waals surface area contributed by atoms with E-state index in [4.69, 9.17) is 8.83 Å². The molecule has 0 atom stereocenters. The van der Waals surface area contributed by atoms with Gasteiger partial charge in [-0.1, -0.05) is 194 Å². The van der Waals surface area contributed by atoms with Crippen molar-refractivity contribution in [2.24, 2.45) is 0 Å². The standard InChI is InChI=1S/C81H45N3O4/c85-79-59-25-3-1-18-49(59)58-42-41-57-54-23-8-15-33-69(54)83(75(57)77(58)87-79)48-40-43-71-63(44-48)55-24-9-14-32-68(55)82(71)47-38-36-46(37-39-47)62-45-64-50-19-2-4-26-60(50)80(86)88-78(64)76-73(62)61-27-10-16-34-70(61)84(76)72-35-17-28-56-53-22-7-13-31-67(53)81(74(56)72)65-29-11-5-20-51(65)52-21-6-12-30-66(52)81/h1-45H. The molecular formula is C81H45N3O4. The van der Waals surface area contributed by atoms with Gasteiger partial charge in [0.1, 0.15) is 0 Å². The van der Waals surface area contributed by atoms with Crippen LogP contribution in [0.2, 0.25) is 0 Å². The monoisotopic (exact) mass is 1120 g/mol. The summed E-state index contributed by atoms with van der Waals surface area (Å²) in [6.07, 6.45) is 0. The fourth-order valence-electron chi connectivity index (χ4n) is 16.1. The predicted octanol–water partition coefficient (Wildman–Crippen LogP) is 19.5. The molecule has 88 heavy (non-hydrogen) atoms. The van der Waals surface area contributed by atoms with Crippen molar-refractivity contribution in [3.63, 3.8) is 0 Å². The van der Waals surface area contributed by atoms with Gasteiger partial charge in [0.2, 0.25) is 0 Å². The maximum Gasteiger partial charge on any atom is 0.344 e. The lowest BCUT2D eigenvalue weighted by Gasteiger charge is -2.32. The van der Waals surface area contributed by atoms with Crippen molar-refractivity contribution in [3.05, 3.63) is 316 Å². The Kier molecular flexibility index (Phi) is 9.29. The Morgan fingerprint density at radius 2 is 0.750 bits per heavy atom. The van der Waals surface area contributed by atoms with Crippen molar-refractivity contribution >= 4 is 109 Å². The molecule has 0 radical (unpaired) electrons. The van der Waals surface area contributed by atoms with E-state index in [1.165, 1.54) is 44.5 Å². The van der Waals surface area contributed by atoms with Crippen LogP contribution < -0.4 is 11.3 Å². The van der Waals surface area contributed by atoms with E-state index in [9.17, 15) is 9.59 Å². The van der Waals surface area contributed by atoms with Gasteiger partial charge in [-0.05, 0) is 134 Å². The lowest BCUT2D eigenvalue weighted by molar-refractivity contribution is 0.571. The maximum absolute atomic E-state index is 14.5.